The van der Waals surface area contributed by atoms with Crippen LogP contribution in [0.3, 0.4) is 0 Å². The van der Waals surface area contributed by atoms with Crippen molar-refractivity contribution in [1.82, 2.24) is 4.98 Å². The number of carbonyl (C=O) groups excluding carboxylic acids is 2. The second-order valence-electron chi connectivity index (χ2n) is 6.93. The molecule has 1 amide bonds. The summed E-state index contributed by atoms with van der Waals surface area (Å²) in [6.07, 6.45) is 1.92. The van der Waals surface area contributed by atoms with Gasteiger partial charge in [-0.2, -0.15) is 5.26 Å². The number of amides is 1. The molecule has 0 aliphatic rings. The number of aromatic nitrogens is 1. The molecule has 0 saturated heterocycles. The molecule has 1 heterocycles. The van der Waals surface area contributed by atoms with Crippen molar-refractivity contribution in [1.29, 1.82) is 5.26 Å². The molecular weight excluding hydrogens is 463 g/mol. The highest BCUT2D eigenvalue weighted by molar-refractivity contribution is 6.34. The summed E-state index contributed by atoms with van der Waals surface area (Å²) < 4.78 is 4.86. The van der Waals surface area contributed by atoms with Gasteiger partial charge >= 0.3 is 5.97 Å². The number of rotatable bonds is 8. The third-order valence-electron chi connectivity index (χ3n) is 4.78. The number of nitrogens with zero attached hydrogens (tertiary/aromatic N) is 2. The van der Waals surface area contributed by atoms with E-state index >= 15 is 0 Å². The molecule has 0 saturated carbocycles. The zero-order valence-corrected chi connectivity index (χ0v) is 19.2. The minimum atomic E-state index is -0.490. The van der Waals surface area contributed by atoms with Gasteiger partial charge in [0.05, 0.1) is 28.8 Å². The lowest BCUT2D eigenvalue weighted by Crippen LogP contribution is -2.15. The van der Waals surface area contributed by atoms with Crippen LogP contribution in [0.25, 0.3) is 11.1 Å². The zero-order valence-electron chi connectivity index (χ0n) is 17.7. The summed E-state index contributed by atoms with van der Waals surface area (Å²) in [5, 5.41) is 15.1. The van der Waals surface area contributed by atoms with Crippen LogP contribution in [0.1, 0.15) is 22.3 Å². The van der Waals surface area contributed by atoms with Crippen LogP contribution in [-0.2, 0) is 16.0 Å². The summed E-state index contributed by atoms with van der Waals surface area (Å²) in [5.74, 6) is -0.527. The van der Waals surface area contributed by atoms with Gasteiger partial charge in [0.2, 0.25) is 5.91 Å². The van der Waals surface area contributed by atoms with Crippen LogP contribution in [0.5, 0.6) is 0 Å². The third-order valence-corrected chi connectivity index (χ3v) is 5.41. The average molecular weight is 483 g/mol. The van der Waals surface area contributed by atoms with E-state index in [0.29, 0.717) is 45.6 Å². The summed E-state index contributed by atoms with van der Waals surface area (Å²) >= 11 is 12.4. The van der Waals surface area contributed by atoms with Gasteiger partial charge in [-0.25, -0.2) is 9.78 Å². The normalized spacial score (nSPS) is 10.2. The van der Waals surface area contributed by atoms with Gasteiger partial charge in [-0.1, -0.05) is 59.6 Å². The van der Waals surface area contributed by atoms with Gasteiger partial charge in [-0.3, -0.25) is 4.79 Å². The number of hydrogen-bond acceptors (Lipinski definition) is 6. The standard InChI is InChI=1S/C24H20Cl2N4O3/c1-33-24(32)21-17(3-2-4-18(21)25)16-7-5-15(6-8-16)10-13-28-23-22(19(26)11-14-29-23)30-20(31)9-12-27/h2-8,11,14H,9-10,13H2,1H3,(H,28,29)(H,30,31). The van der Waals surface area contributed by atoms with Crippen molar-refractivity contribution in [3.05, 3.63) is 75.9 Å². The average Bonchev–Trinajstić information content (AvgIpc) is 2.81. The van der Waals surface area contributed by atoms with E-state index in [-0.39, 0.29) is 6.42 Å². The van der Waals surface area contributed by atoms with E-state index in [1.807, 2.05) is 30.3 Å². The molecule has 0 bridgehead atoms. The molecule has 2 N–H and O–H groups in total. The lowest BCUT2D eigenvalue weighted by atomic mass is 9.98. The van der Waals surface area contributed by atoms with Crippen LogP contribution in [-0.4, -0.2) is 30.5 Å². The number of hydrogen-bond donors (Lipinski definition) is 2. The molecule has 9 heteroatoms. The number of ether oxygens (including phenoxy) is 1. The van der Waals surface area contributed by atoms with Gasteiger partial charge < -0.3 is 15.4 Å². The molecular formula is C24H20Cl2N4O3. The molecule has 1 aromatic heterocycles. The first-order valence-corrected chi connectivity index (χ1v) is 10.7. The highest BCUT2D eigenvalue weighted by Gasteiger charge is 2.17. The monoisotopic (exact) mass is 482 g/mol. The van der Waals surface area contributed by atoms with Crippen molar-refractivity contribution in [3.63, 3.8) is 0 Å². The summed E-state index contributed by atoms with van der Waals surface area (Å²) in [6.45, 7) is 0.526. The number of benzene rings is 2. The van der Waals surface area contributed by atoms with Crippen molar-refractivity contribution in [2.45, 2.75) is 12.8 Å². The molecule has 0 atom stereocenters. The molecule has 0 spiro atoms. The molecule has 0 aliphatic heterocycles. The lowest BCUT2D eigenvalue weighted by Gasteiger charge is -2.13. The van der Waals surface area contributed by atoms with Gasteiger partial charge in [-0.15, -0.1) is 0 Å². The number of anilines is 2. The van der Waals surface area contributed by atoms with Crippen LogP contribution in [0.2, 0.25) is 10.0 Å². The minimum Gasteiger partial charge on any atom is -0.465 e. The highest BCUT2D eigenvalue weighted by atomic mass is 35.5. The Morgan fingerprint density at radius 3 is 2.55 bits per heavy atom. The van der Waals surface area contributed by atoms with Crippen LogP contribution in [0.4, 0.5) is 11.5 Å². The number of pyridine rings is 1. The Bertz CT molecular complexity index is 1210. The van der Waals surface area contributed by atoms with Crippen LogP contribution in [0.15, 0.2) is 54.7 Å². The summed E-state index contributed by atoms with van der Waals surface area (Å²) in [6, 6.07) is 16.4. The maximum absolute atomic E-state index is 12.2. The van der Waals surface area contributed by atoms with E-state index in [4.69, 9.17) is 33.2 Å². The van der Waals surface area contributed by atoms with E-state index in [0.717, 1.165) is 11.1 Å². The zero-order chi connectivity index (χ0) is 23.8. The van der Waals surface area contributed by atoms with Crippen molar-refractivity contribution in [2.24, 2.45) is 0 Å². The number of methoxy groups -OCH3 is 1. The van der Waals surface area contributed by atoms with Gasteiger partial charge in [0.1, 0.15) is 12.1 Å². The highest BCUT2D eigenvalue weighted by Crippen LogP contribution is 2.31. The quantitative estimate of drug-likeness (QED) is 0.419. The first-order chi connectivity index (χ1) is 15.9. The van der Waals surface area contributed by atoms with Gasteiger partial charge in [0, 0.05) is 12.7 Å². The maximum atomic E-state index is 12.2. The Morgan fingerprint density at radius 1 is 1.09 bits per heavy atom. The summed E-state index contributed by atoms with van der Waals surface area (Å²) in [7, 11) is 1.32. The molecule has 3 rings (SSSR count). The number of carbonyl (C=O) groups is 2. The molecule has 0 fully saturated rings. The van der Waals surface area contributed by atoms with Gasteiger partial charge in [-0.05, 0) is 35.2 Å². The van der Waals surface area contributed by atoms with Crippen LogP contribution >= 0.6 is 23.2 Å². The number of esters is 1. The largest absolute Gasteiger partial charge is 0.465 e. The minimum absolute atomic E-state index is 0.276. The Hall–Kier alpha value is -3.60. The fourth-order valence-corrected chi connectivity index (χ4v) is 3.64. The first-order valence-electron chi connectivity index (χ1n) is 9.96. The van der Waals surface area contributed by atoms with Crippen LogP contribution < -0.4 is 10.6 Å². The maximum Gasteiger partial charge on any atom is 0.340 e. The van der Waals surface area contributed by atoms with Crippen molar-refractivity contribution in [2.75, 3.05) is 24.3 Å². The van der Waals surface area contributed by atoms with E-state index in [9.17, 15) is 9.59 Å². The Morgan fingerprint density at radius 2 is 1.85 bits per heavy atom. The third kappa shape index (κ3) is 6.01. The summed E-state index contributed by atoms with van der Waals surface area (Å²) in [4.78, 5) is 28.2. The van der Waals surface area contributed by atoms with E-state index in [2.05, 4.69) is 15.6 Å². The number of nitrogens with one attached hydrogen (secondary N) is 2. The second-order valence-corrected chi connectivity index (χ2v) is 7.74. The molecule has 0 radical (unpaired) electrons. The van der Waals surface area contributed by atoms with Gasteiger partial charge in [0.25, 0.3) is 0 Å². The SMILES string of the molecule is COC(=O)c1c(Cl)cccc1-c1ccc(CCNc2nccc(Cl)c2NC(=O)CC#N)cc1. The number of nitriles is 1. The topological polar surface area (TPSA) is 104 Å². The molecule has 0 unspecified atom stereocenters. The lowest BCUT2D eigenvalue weighted by molar-refractivity contribution is -0.115. The number of halogens is 2. The first kappa shape index (κ1) is 24.1. The summed E-state index contributed by atoms with van der Waals surface area (Å²) in [5.41, 5.74) is 3.25. The predicted octanol–water partition coefficient (Wildman–Crippen LogP) is 5.35. The smallest absolute Gasteiger partial charge is 0.340 e. The van der Waals surface area contributed by atoms with E-state index < -0.39 is 11.9 Å². The molecule has 3 aromatic rings. The molecule has 168 valence electrons. The molecule has 7 nitrogen and oxygen atoms in total. The fourth-order valence-electron chi connectivity index (χ4n) is 3.20. The Kier molecular flexibility index (Phi) is 8.25. The Balaban J connectivity index is 1.69. The van der Waals surface area contributed by atoms with Crippen molar-refractivity contribution in [3.8, 4) is 17.2 Å². The van der Waals surface area contributed by atoms with E-state index in [1.54, 1.807) is 24.3 Å². The molecule has 2 aromatic carbocycles. The molecule has 0 aliphatic carbocycles. The molecule has 33 heavy (non-hydrogen) atoms. The van der Waals surface area contributed by atoms with Crippen LogP contribution in [0, 0.1) is 11.3 Å². The van der Waals surface area contributed by atoms with Crippen molar-refractivity contribution < 1.29 is 14.3 Å². The predicted molar refractivity (Wildman–Crippen MR) is 129 cm³/mol. The fraction of sp³-hybridized carbons (Fsp3) is 0.167. The van der Waals surface area contributed by atoms with Gasteiger partial charge in [0.15, 0.2) is 5.82 Å². The second kappa shape index (κ2) is 11.3. The van der Waals surface area contributed by atoms with Crippen molar-refractivity contribution >= 4 is 46.6 Å². The Labute approximate surface area is 201 Å². The van der Waals surface area contributed by atoms with E-state index in [1.165, 1.54) is 13.3 Å².